The molecule has 2 atom stereocenters. The Kier molecular flexibility index (Phi) is 5.80. The van der Waals surface area contributed by atoms with E-state index in [9.17, 15) is 9.90 Å². The van der Waals surface area contributed by atoms with Gasteiger partial charge >= 0.3 is 0 Å². The van der Waals surface area contributed by atoms with Crippen molar-refractivity contribution in [3.8, 4) is 11.3 Å². The van der Waals surface area contributed by atoms with E-state index < -0.39 is 6.10 Å². The van der Waals surface area contributed by atoms with Crippen molar-refractivity contribution in [1.29, 1.82) is 0 Å². The van der Waals surface area contributed by atoms with Crippen LogP contribution in [-0.2, 0) is 4.79 Å². The lowest BCUT2D eigenvalue weighted by Gasteiger charge is -2.34. The minimum atomic E-state index is -0.410. The van der Waals surface area contributed by atoms with Crippen LogP contribution in [-0.4, -0.2) is 67.3 Å². The number of aliphatic hydroxyl groups is 1. The minimum absolute atomic E-state index is 0.137. The van der Waals surface area contributed by atoms with Crippen molar-refractivity contribution in [2.75, 3.05) is 19.6 Å². The fraction of sp³-hybridized carbons (Fsp3) is 0.464. The van der Waals surface area contributed by atoms with Crippen LogP contribution in [0.4, 0.5) is 0 Å². The first-order valence-corrected chi connectivity index (χ1v) is 13.1. The highest BCUT2D eigenvalue weighted by Gasteiger charge is 2.33. The maximum absolute atomic E-state index is 12.8. The summed E-state index contributed by atoms with van der Waals surface area (Å²) in [6, 6.07) is 10.8. The lowest BCUT2D eigenvalue weighted by atomic mass is 9.87. The standard InChI is InChI=1S/C28H34N6O2/c1-16(2)26-22-12-19(18-6-9-33(10-7-18)28(36)24-14-21(35)15-29-24)4-5-23(22)31-27(26)20-8-11-34-25(13-20)30-17(3)32-34/h4-5,8,11-13,16,18,21,24,29,31,35H,6-7,9-10,14-15H2,1-3H3/t21-,24+/m1/s1. The fourth-order valence-corrected chi connectivity index (χ4v) is 6.02. The summed E-state index contributed by atoms with van der Waals surface area (Å²) in [6.07, 6.45) is 4.01. The van der Waals surface area contributed by atoms with Gasteiger partial charge in [0.25, 0.3) is 0 Å². The molecule has 4 aromatic rings. The van der Waals surface area contributed by atoms with E-state index >= 15 is 0 Å². The summed E-state index contributed by atoms with van der Waals surface area (Å²) in [4.78, 5) is 23.0. The SMILES string of the molecule is Cc1nc2cc(-c3[nH]c4ccc(C5CCN(C(=O)[C@@H]6C[C@@H](O)CN6)CC5)cc4c3C(C)C)ccn2n1. The average Bonchev–Trinajstić information content (AvgIpc) is 3.58. The van der Waals surface area contributed by atoms with Crippen LogP contribution in [0.15, 0.2) is 36.5 Å². The smallest absolute Gasteiger partial charge is 0.239 e. The molecule has 2 fully saturated rings. The van der Waals surface area contributed by atoms with Crippen molar-refractivity contribution in [2.45, 2.75) is 64.0 Å². The molecule has 5 heterocycles. The van der Waals surface area contributed by atoms with Gasteiger partial charge in [-0.25, -0.2) is 9.50 Å². The number of fused-ring (bicyclic) bond motifs is 2. The molecule has 0 aliphatic carbocycles. The molecule has 0 unspecified atom stereocenters. The van der Waals surface area contributed by atoms with Gasteiger partial charge in [0.15, 0.2) is 5.65 Å². The first-order valence-electron chi connectivity index (χ1n) is 13.1. The maximum atomic E-state index is 12.8. The summed E-state index contributed by atoms with van der Waals surface area (Å²) in [5, 5.41) is 18.6. The molecule has 6 rings (SSSR count). The molecule has 1 aromatic carbocycles. The number of benzene rings is 1. The van der Waals surface area contributed by atoms with Gasteiger partial charge in [-0.15, -0.1) is 0 Å². The van der Waals surface area contributed by atoms with Gasteiger partial charge in [0, 0.05) is 42.3 Å². The topological polar surface area (TPSA) is 98.5 Å². The number of carbonyl (C=O) groups excluding carboxylic acids is 1. The molecule has 0 bridgehead atoms. The van der Waals surface area contributed by atoms with Gasteiger partial charge < -0.3 is 20.3 Å². The molecule has 188 valence electrons. The van der Waals surface area contributed by atoms with Crippen molar-refractivity contribution >= 4 is 22.5 Å². The Morgan fingerprint density at radius 2 is 1.97 bits per heavy atom. The second kappa shape index (κ2) is 9.01. The maximum Gasteiger partial charge on any atom is 0.239 e. The Morgan fingerprint density at radius 3 is 2.69 bits per heavy atom. The van der Waals surface area contributed by atoms with Gasteiger partial charge in [-0.05, 0) is 73.4 Å². The lowest BCUT2D eigenvalue weighted by Crippen LogP contribution is -2.46. The number of aliphatic hydroxyl groups excluding tert-OH is 1. The fourth-order valence-electron chi connectivity index (χ4n) is 6.02. The third-order valence-corrected chi connectivity index (χ3v) is 7.86. The van der Waals surface area contributed by atoms with Crippen LogP contribution in [0.25, 0.3) is 27.8 Å². The van der Waals surface area contributed by atoms with E-state index in [1.165, 1.54) is 16.5 Å². The molecule has 2 aliphatic rings. The number of amides is 1. The van der Waals surface area contributed by atoms with E-state index in [0.717, 1.165) is 54.2 Å². The van der Waals surface area contributed by atoms with Gasteiger partial charge in [0.05, 0.1) is 17.8 Å². The zero-order valence-electron chi connectivity index (χ0n) is 21.2. The van der Waals surface area contributed by atoms with Gasteiger partial charge in [-0.1, -0.05) is 19.9 Å². The first kappa shape index (κ1) is 23.2. The first-order chi connectivity index (χ1) is 17.4. The van der Waals surface area contributed by atoms with Crippen molar-refractivity contribution in [3.63, 3.8) is 0 Å². The molecule has 0 saturated carbocycles. The number of H-pyrrole nitrogens is 1. The molecule has 0 radical (unpaired) electrons. The van der Waals surface area contributed by atoms with Gasteiger partial charge in [0.1, 0.15) is 5.82 Å². The number of aromatic amines is 1. The monoisotopic (exact) mass is 486 g/mol. The second-order valence-electron chi connectivity index (χ2n) is 10.7. The number of aromatic nitrogens is 4. The molecule has 3 N–H and O–H groups in total. The molecule has 3 aromatic heterocycles. The Balaban J connectivity index is 1.26. The van der Waals surface area contributed by atoms with Crippen LogP contribution >= 0.6 is 0 Å². The van der Waals surface area contributed by atoms with Crippen LogP contribution in [0.5, 0.6) is 0 Å². The third-order valence-electron chi connectivity index (χ3n) is 7.86. The number of nitrogens with one attached hydrogen (secondary N) is 2. The summed E-state index contributed by atoms with van der Waals surface area (Å²) in [5.41, 5.74) is 6.93. The molecular weight excluding hydrogens is 452 g/mol. The summed E-state index contributed by atoms with van der Waals surface area (Å²) in [7, 11) is 0. The van der Waals surface area contributed by atoms with Crippen molar-refractivity contribution in [1.82, 2.24) is 29.8 Å². The second-order valence-corrected chi connectivity index (χ2v) is 10.7. The highest BCUT2D eigenvalue weighted by molar-refractivity contribution is 5.92. The summed E-state index contributed by atoms with van der Waals surface area (Å²) in [5.74, 6) is 1.70. The molecule has 8 heteroatoms. The minimum Gasteiger partial charge on any atom is -0.392 e. The number of rotatable bonds is 4. The number of carbonyl (C=O) groups is 1. The number of β-amino-alcohol motifs (C(OH)–C–C–N with tert-alkyl or cyclic N) is 1. The Labute approximate surface area is 210 Å². The van der Waals surface area contributed by atoms with E-state index in [0.29, 0.717) is 24.8 Å². The average molecular weight is 487 g/mol. The van der Waals surface area contributed by atoms with Crippen LogP contribution in [0.3, 0.4) is 0 Å². The van der Waals surface area contributed by atoms with E-state index in [1.54, 1.807) is 0 Å². The zero-order chi connectivity index (χ0) is 25.0. The van der Waals surface area contributed by atoms with Gasteiger partial charge in [0.2, 0.25) is 5.91 Å². The number of nitrogens with zero attached hydrogens (tertiary/aromatic N) is 4. The number of aryl methyl sites for hydroxylation is 1. The van der Waals surface area contributed by atoms with Crippen LogP contribution in [0.2, 0.25) is 0 Å². The number of hydrogen-bond donors (Lipinski definition) is 3. The number of piperidine rings is 1. The summed E-state index contributed by atoms with van der Waals surface area (Å²) >= 11 is 0. The predicted octanol–water partition coefficient (Wildman–Crippen LogP) is 3.74. The van der Waals surface area contributed by atoms with E-state index in [4.69, 9.17) is 0 Å². The molecule has 1 amide bonds. The number of pyridine rings is 1. The van der Waals surface area contributed by atoms with Crippen LogP contribution in [0.1, 0.15) is 61.9 Å². The van der Waals surface area contributed by atoms with Crippen LogP contribution in [0, 0.1) is 6.92 Å². The molecule has 36 heavy (non-hydrogen) atoms. The van der Waals surface area contributed by atoms with Crippen molar-refractivity contribution in [3.05, 3.63) is 53.5 Å². The third kappa shape index (κ3) is 4.08. The Morgan fingerprint density at radius 1 is 1.17 bits per heavy atom. The number of likely N-dealkylation sites (tertiary alicyclic amines) is 1. The zero-order valence-corrected chi connectivity index (χ0v) is 21.2. The lowest BCUT2D eigenvalue weighted by molar-refractivity contribution is -0.134. The van der Waals surface area contributed by atoms with Crippen LogP contribution < -0.4 is 5.32 Å². The van der Waals surface area contributed by atoms with Crippen molar-refractivity contribution < 1.29 is 9.90 Å². The Bertz CT molecular complexity index is 1430. The summed E-state index contributed by atoms with van der Waals surface area (Å²) < 4.78 is 1.82. The molecule has 2 saturated heterocycles. The molecule has 2 aliphatic heterocycles. The molecule has 8 nitrogen and oxygen atoms in total. The van der Waals surface area contributed by atoms with Crippen molar-refractivity contribution in [2.24, 2.45) is 0 Å². The van der Waals surface area contributed by atoms with E-state index in [2.05, 4.69) is 64.6 Å². The Hall–Kier alpha value is -3.23. The molecule has 0 spiro atoms. The quantitative estimate of drug-likeness (QED) is 0.408. The van der Waals surface area contributed by atoms with E-state index in [-0.39, 0.29) is 11.9 Å². The highest BCUT2D eigenvalue weighted by Crippen LogP contribution is 2.38. The van der Waals surface area contributed by atoms with E-state index in [1.807, 2.05) is 22.5 Å². The molecular formula is C28H34N6O2. The largest absolute Gasteiger partial charge is 0.392 e. The number of hydrogen-bond acceptors (Lipinski definition) is 5. The van der Waals surface area contributed by atoms with Gasteiger partial charge in [-0.3, -0.25) is 4.79 Å². The predicted molar refractivity (Wildman–Crippen MR) is 140 cm³/mol. The normalized spacial score (nSPS) is 21.3. The summed E-state index contributed by atoms with van der Waals surface area (Å²) in [6.45, 7) is 8.45. The highest BCUT2D eigenvalue weighted by atomic mass is 16.3. The van der Waals surface area contributed by atoms with Gasteiger partial charge in [-0.2, -0.15) is 5.10 Å².